The van der Waals surface area contributed by atoms with E-state index in [0.29, 0.717) is 0 Å². The van der Waals surface area contributed by atoms with Gasteiger partial charge in [-0.25, -0.2) is 0 Å². The highest BCUT2D eigenvalue weighted by Crippen LogP contribution is 2.45. The molecule has 0 bridgehead atoms. The molecule has 1 heterocycles. The number of hydrogen-bond acceptors (Lipinski definition) is 2. The Labute approximate surface area is 272 Å². The minimum Gasteiger partial charge on any atom is -0.309 e. The number of fused-ring (bicyclic) bond motifs is 5. The molecule has 2 heteroatoms. The van der Waals surface area contributed by atoms with Gasteiger partial charge in [0.1, 0.15) is 0 Å². The van der Waals surface area contributed by atoms with Crippen LogP contribution >= 0.6 is 11.3 Å². The summed E-state index contributed by atoms with van der Waals surface area (Å²) in [6.45, 7) is 0. The van der Waals surface area contributed by atoms with E-state index >= 15 is 0 Å². The SMILES string of the molecule is c1ccc(N(c2ccc(-c3cccc4ccccc34)cc2)c2cccc3ccccc23)c(-c2ccc3c(c2)sc2ccccc23)c1. The van der Waals surface area contributed by atoms with E-state index in [0.717, 1.165) is 17.1 Å². The second-order valence-electron chi connectivity index (χ2n) is 11.7. The van der Waals surface area contributed by atoms with Crippen LogP contribution < -0.4 is 4.90 Å². The van der Waals surface area contributed by atoms with Crippen molar-refractivity contribution >= 4 is 70.1 Å². The third kappa shape index (κ3) is 4.46. The van der Waals surface area contributed by atoms with Gasteiger partial charge in [0, 0.05) is 36.8 Å². The molecule has 1 aromatic heterocycles. The zero-order valence-corrected chi connectivity index (χ0v) is 25.9. The first-order chi connectivity index (χ1) is 22.8. The zero-order chi connectivity index (χ0) is 30.5. The monoisotopic (exact) mass is 603 g/mol. The van der Waals surface area contributed by atoms with Crippen LogP contribution in [-0.2, 0) is 0 Å². The van der Waals surface area contributed by atoms with Gasteiger partial charge < -0.3 is 4.90 Å². The Morgan fingerprint density at radius 1 is 0.348 bits per heavy atom. The zero-order valence-electron chi connectivity index (χ0n) is 25.1. The molecule has 216 valence electrons. The predicted molar refractivity (Wildman–Crippen MR) is 200 cm³/mol. The van der Waals surface area contributed by atoms with Crippen molar-refractivity contribution in [1.29, 1.82) is 0 Å². The summed E-state index contributed by atoms with van der Waals surface area (Å²) in [5.41, 5.74) is 8.31. The van der Waals surface area contributed by atoms with Gasteiger partial charge in [-0.05, 0) is 69.2 Å². The van der Waals surface area contributed by atoms with Gasteiger partial charge in [0.2, 0.25) is 0 Å². The maximum atomic E-state index is 2.43. The van der Waals surface area contributed by atoms with Crippen molar-refractivity contribution < 1.29 is 0 Å². The van der Waals surface area contributed by atoms with E-state index in [1.807, 2.05) is 11.3 Å². The molecular formula is C44H29NS. The van der Waals surface area contributed by atoms with Crippen molar-refractivity contribution in [1.82, 2.24) is 0 Å². The molecule has 9 rings (SSSR count). The van der Waals surface area contributed by atoms with Crippen LogP contribution in [0.15, 0.2) is 176 Å². The highest BCUT2D eigenvalue weighted by Gasteiger charge is 2.20. The second kappa shape index (κ2) is 11.0. The Bertz CT molecular complexity index is 2530. The van der Waals surface area contributed by atoms with Crippen LogP contribution in [0.1, 0.15) is 0 Å². The van der Waals surface area contributed by atoms with E-state index in [9.17, 15) is 0 Å². The number of thiophene rings is 1. The molecule has 0 saturated carbocycles. The number of benzene rings is 8. The first kappa shape index (κ1) is 26.7. The normalized spacial score (nSPS) is 11.5. The highest BCUT2D eigenvalue weighted by molar-refractivity contribution is 7.25. The van der Waals surface area contributed by atoms with Gasteiger partial charge in [0.05, 0.1) is 11.4 Å². The average molecular weight is 604 g/mol. The van der Waals surface area contributed by atoms with Crippen molar-refractivity contribution in [2.24, 2.45) is 0 Å². The van der Waals surface area contributed by atoms with Crippen LogP contribution in [0.3, 0.4) is 0 Å². The van der Waals surface area contributed by atoms with Crippen molar-refractivity contribution in [2.75, 3.05) is 4.90 Å². The Balaban J connectivity index is 1.23. The topological polar surface area (TPSA) is 3.24 Å². The van der Waals surface area contributed by atoms with Crippen molar-refractivity contribution in [3.63, 3.8) is 0 Å². The van der Waals surface area contributed by atoms with Crippen LogP contribution in [0.25, 0.3) is 64.0 Å². The lowest BCUT2D eigenvalue weighted by molar-refractivity contribution is 1.30. The average Bonchev–Trinajstić information content (AvgIpc) is 3.50. The molecular weight excluding hydrogens is 575 g/mol. The summed E-state index contributed by atoms with van der Waals surface area (Å²) in [4.78, 5) is 2.43. The third-order valence-electron chi connectivity index (χ3n) is 9.07. The van der Waals surface area contributed by atoms with Gasteiger partial charge in [-0.2, -0.15) is 0 Å². The Morgan fingerprint density at radius 3 is 1.76 bits per heavy atom. The molecule has 0 spiro atoms. The first-order valence-electron chi connectivity index (χ1n) is 15.7. The summed E-state index contributed by atoms with van der Waals surface area (Å²) in [6, 6.07) is 64.0. The number of hydrogen-bond donors (Lipinski definition) is 0. The molecule has 0 atom stereocenters. The molecule has 1 nitrogen and oxygen atoms in total. The fourth-order valence-corrected chi connectivity index (χ4v) is 8.03. The van der Waals surface area contributed by atoms with E-state index < -0.39 is 0 Å². The molecule has 0 saturated heterocycles. The van der Waals surface area contributed by atoms with Gasteiger partial charge in [-0.15, -0.1) is 11.3 Å². The highest BCUT2D eigenvalue weighted by atomic mass is 32.1. The van der Waals surface area contributed by atoms with Crippen LogP contribution in [0.2, 0.25) is 0 Å². The van der Waals surface area contributed by atoms with Gasteiger partial charge in [-0.3, -0.25) is 0 Å². The Hall–Kier alpha value is -5.70. The third-order valence-corrected chi connectivity index (χ3v) is 10.2. The van der Waals surface area contributed by atoms with Crippen LogP contribution in [0.4, 0.5) is 17.1 Å². The molecule has 0 N–H and O–H groups in total. The summed E-state index contributed by atoms with van der Waals surface area (Å²) in [5, 5.41) is 7.61. The maximum Gasteiger partial charge on any atom is 0.0540 e. The standard InChI is InChI=1S/C44H29NS/c1-3-15-35-30(11-1)13-9-19-36(35)32-23-26-34(27-24-32)45(42-21-10-14-31-12-2-4-16-37(31)42)41-20-7-5-17-38(41)33-25-28-40-39-18-6-8-22-43(39)46-44(40)29-33/h1-29H. The van der Waals surface area contributed by atoms with E-state index in [4.69, 9.17) is 0 Å². The van der Waals surface area contributed by atoms with Crippen LogP contribution in [-0.4, -0.2) is 0 Å². The largest absolute Gasteiger partial charge is 0.309 e. The molecule has 0 aliphatic heterocycles. The number of para-hydroxylation sites is 1. The van der Waals surface area contributed by atoms with E-state index in [2.05, 4.69) is 181 Å². The smallest absolute Gasteiger partial charge is 0.0540 e. The lowest BCUT2D eigenvalue weighted by Crippen LogP contribution is -2.11. The van der Waals surface area contributed by atoms with Gasteiger partial charge >= 0.3 is 0 Å². The summed E-state index contributed by atoms with van der Waals surface area (Å²) >= 11 is 1.87. The van der Waals surface area contributed by atoms with E-state index in [-0.39, 0.29) is 0 Å². The number of anilines is 3. The van der Waals surface area contributed by atoms with Crippen LogP contribution in [0.5, 0.6) is 0 Å². The molecule has 0 aliphatic rings. The second-order valence-corrected chi connectivity index (χ2v) is 12.8. The Kier molecular flexibility index (Phi) is 6.40. The minimum absolute atomic E-state index is 1.12. The summed E-state index contributed by atoms with van der Waals surface area (Å²) in [6.07, 6.45) is 0. The fourth-order valence-electron chi connectivity index (χ4n) is 6.88. The first-order valence-corrected chi connectivity index (χ1v) is 16.5. The maximum absolute atomic E-state index is 2.43. The van der Waals surface area contributed by atoms with Gasteiger partial charge in [-0.1, -0.05) is 140 Å². The lowest BCUT2D eigenvalue weighted by Gasteiger charge is -2.29. The molecule has 0 fully saturated rings. The molecule has 46 heavy (non-hydrogen) atoms. The number of nitrogens with zero attached hydrogens (tertiary/aromatic N) is 1. The number of rotatable bonds is 5. The van der Waals surface area contributed by atoms with Gasteiger partial charge in [0.15, 0.2) is 0 Å². The van der Waals surface area contributed by atoms with Crippen molar-refractivity contribution in [2.45, 2.75) is 0 Å². The van der Waals surface area contributed by atoms with E-state index in [1.165, 1.54) is 64.0 Å². The van der Waals surface area contributed by atoms with Crippen molar-refractivity contribution in [3.05, 3.63) is 176 Å². The molecule has 0 radical (unpaired) electrons. The van der Waals surface area contributed by atoms with Crippen LogP contribution in [0, 0.1) is 0 Å². The fraction of sp³-hybridized carbons (Fsp3) is 0. The summed E-state index contributed by atoms with van der Waals surface area (Å²) in [5.74, 6) is 0. The van der Waals surface area contributed by atoms with E-state index in [1.54, 1.807) is 0 Å². The minimum atomic E-state index is 1.12. The quantitative estimate of drug-likeness (QED) is 0.189. The Morgan fingerprint density at radius 2 is 0.913 bits per heavy atom. The van der Waals surface area contributed by atoms with Crippen molar-refractivity contribution in [3.8, 4) is 22.3 Å². The lowest BCUT2D eigenvalue weighted by atomic mass is 9.97. The predicted octanol–water partition coefficient (Wildman–Crippen LogP) is 13.2. The molecule has 0 aliphatic carbocycles. The summed E-state index contributed by atoms with van der Waals surface area (Å²) < 4.78 is 2.64. The molecule has 0 amide bonds. The molecule has 9 aromatic rings. The summed E-state index contributed by atoms with van der Waals surface area (Å²) in [7, 11) is 0. The molecule has 0 unspecified atom stereocenters. The molecule has 8 aromatic carbocycles. The van der Waals surface area contributed by atoms with Gasteiger partial charge in [0.25, 0.3) is 0 Å².